The number of carboxylic acids is 1. The lowest BCUT2D eigenvalue weighted by molar-refractivity contribution is -0.139. The molecule has 0 spiro atoms. The Morgan fingerprint density at radius 3 is 2.56 bits per heavy atom. The lowest BCUT2D eigenvalue weighted by atomic mass is 10.2. The third-order valence-corrected chi connectivity index (χ3v) is 6.79. The van der Waals surface area contributed by atoms with Gasteiger partial charge in [-0.3, -0.25) is 4.79 Å². The molecule has 0 aliphatic carbocycles. The number of hydrogen-bond acceptors (Lipinski definition) is 5. The first kappa shape index (κ1) is 15.7. The van der Waals surface area contributed by atoms with Crippen LogP contribution in [-0.2, 0) is 14.6 Å². The minimum absolute atomic E-state index is 0.0324. The molecule has 0 amide bonds. The summed E-state index contributed by atoms with van der Waals surface area (Å²) in [6.07, 6.45) is -2.64. The van der Waals surface area contributed by atoms with E-state index in [2.05, 4.69) is 0 Å². The Hall–Kier alpha value is -0.340. The normalized spacial score (nSPS) is 14.4. The Balaban J connectivity index is 2.90. The van der Waals surface area contributed by atoms with Gasteiger partial charge in [-0.25, -0.2) is 8.42 Å². The van der Waals surface area contributed by atoms with E-state index in [1.54, 1.807) is 5.38 Å². The second-order valence-electron chi connectivity index (χ2n) is 3.53. The molecular formula is C9H10Cl2O5S2. The number of aliphatic hydroxyl groups excluding tert-OH is 1. The summed E-state index contributed by atoms with van der Waals surface area (Å²) in [7, 11) is -4.03. The largest absolute Gasteiger partial charge is 0.481 e. The molecule has 0 saturated heterocycles. The highest BCUT2D eigenvalue weighted by Gasteiger charge is 2.43. The third kappa shape index (κ3) is 3.58. The summed E-state index contributed by atoms with van der Waals surface area (Å²) < 4.78 is 21.8. The molecule has 1 unspecified atom stereocenters. The van der Waals surface area contributed by atoms with E-state index >= 15 is 0 Å². The molecule has 0 bridgehead atoms. The molecule has 18 heavy (non-hydrogen) atoms. The summed E-state index contributed by atoms with van der Waals surface area (Å²) in [6.45, 7) is 0. The quantitative estimate of drug-likeness (QED) is 0.776. The number of hydrogen-bond donors (Lipinski definition) is 2. The monoisotopic (exact) mass is 332 g/mol. The molecule has 2 N–H and O–H groups in total. The van der Waals surface area contributed by atoms with Crippen molar-refractivity contribution in [2.45, 2.75) is 26.8 Å². The van der Waals surface area contributed by atoms with Crippen molar-refractivity contribution in [2.24, 2.45) is 0 Å². The predicted octanol–water partition coefficient (Wildman–Crippen LogP) is 1.88. The van der Waals surface area contributed by atoms with E-state index in [1.165, 1.54) is 12.1 Å². The van der Waals surface area contributed by atoms with Crippen molar-refractivity contribution in [2.75, 3.05) is 0 Å². The molecular weight excluding hydrogens is 323 g/mol. The zero-order valence-electron chi connectivity index (χ0n) is 8.92. The van der Waals surface area contributed by atoms with Gasteiger partial charge in [0, 0.05) is 6.42 Å². The van der Waals surface area contributed by atoms with E-state index in [-0.39, 0.29) is 4.21 Å². The van der Waals surface area contributed by atoms with Crippen LogP contribution in [0.3, 0.4) is 0 Å². The average Bonchev–Trinajstić information content (AvgIpc) is 2.67. The van der Waals surface area contributed by atoms with Gasteiger partial charge in [-0.2, -0.15) is 0 Å². The first-order chi connectivity index (χ1) is 8.17. The number of aliphatic hydroxyl groups is 1. The van der Waals surface area contributed by atoms with Crippen molar-refractivity contribution < 1.29 is 23.4 Å². The maximum Gasteiger partial charge on any atom is 0.305 e. The van der Waals surface area contributed by atoms with Crippen LogP contribution in [0.1, 0.15) is 12.8 Å². The Bertz CT molecular complexity index is 509. The standard InChI is InChI=1S/C9H10Cl2O5S2/c10-9(11,5-6(12)4-7(13)14)18(15,16)8-2-1-3-17-8/h1-3,6,12H,4-5H2,(H,13,14). The molecule has 0 aliphatic heterocycles. The lowest BCUT2D eigenvalue weighted by Crippen LogP contribution is -2.31. The maximum absolute atomic E-state index is 12.0. The molecule has 0 fully saturated rings. The van der Waals surface area contributed by atoms with Gasteiger partial charge < -0.3 is 10.2 Å². The van der Waals surface area contributed by atoms with Gasteiger partial charge >= 0.3 is 5.97 Å². The van der Waals surface area contributed by atoms with E-state index in [0.29, 0.717) is 0 Å². The number of carboxylic acid groups (broad SMARTS) is 1. The first-order valence-corrected chi connectivity index (χ1v) is 7.84. The van der Waals surface area contributed by atoms with Gasteiger partial charge in [-0.05, 0) is 11.4 Å². The van der Waals surface area contributed by atoms with Crippen LogP contribution in [0.25, 0.3) is 0 Å². The Kier molecular flexibility index (Phi) is 5.02. The Labute approximate surface area is 118 Å². The van der Waals surface area contributed by atoms with Crippen LogP contribution in [0.5, 0.6) is 0 Å². The fraction of sp³-hybridized carbons (Fsp3) is 0.444. The van der Waals surface area contributed by atoms with Crippen molar-refractivity contribution in [3.05, 3.63) is 17.5 Å². The fourth-order valence-electron chi connectivity index (χ4n) is 1.22. The zero-order valence-corrected chi connectivity index (χ0v) is 12.1. The molecule has 1 atom stereocenters. The Morgan fingerprint density at radius 1 is 1.50 bits per heavy atom. The van der Waals surface area contributed by atoms with Gasteiger partial charge in [-0.15, -0.1) is 11.3 Å². The van der Waals surface area contributed by atoms with E-state index in [9.17, 15) is 18.3 Å². The number of carbonyl (C=O) groups is 1. The molecule has 0 radical (unpaired) electrons. The summed E-state index contributed by atoms with van der Waals surface area (Å²) >= 11 is 12.4. The number of thiophene rings is 1. The Morgan fingerprint density at radius 2 is 2.11 bits per heavy atom. The zero-order chi connectivity index (χ0) is 14.0. The molecule has 1 aromatic heterocycles. The second kappa shape index (κ2) is 5.75. The minimum atomic E-state index is -4.03. The highest BCUT2D eigenvalue weighted by atomic mass is 35.5. The van der Waals surface area contributed by atoms with Crippen molar-refractivity contribution in [1.29, 1.82) is 0 Å². The second-order valence-corrected chi connectivity index (χ2v) is 8.81. The van der Waals surface area contributed by atoms with Gasteiger partial charge in [0.15, 0.2) is 0 Å². The highest BCUT2D eigenvalue weighted by Crippen LogP contribution is 2.39. The first-order valence-electron chi connectivity index (χ1n) is 4.72. The number of alkyl halides is 2. The minimum Gasteiger partial charge on any atom is -0.481 e. The summed E-state index contributed by atoms with van der Waals surface area (Å²) in [6, 6.07) is 2.86. The number of aliphatic carboxylic acids is 1. The van der Waals surface area contributed by atoms with Crippen LogP contribution < -0.4 is 0 Å². The van der Waals surface area contributed by atoms with Crippen molar-refractivity contribution in [1.82, 2.24) is 0 Å². The number of sulfone groups is 1. The molecule has 1 rings (SSSR count). The van der Waals surface area contributed by atoms with Crippen molar-refractivity contribution >= 4 is 50.3 Å². The topological polar surface area (TPSA) is 91.7 Å². The molecule has 5 nitrogen and oxygen atoms in total. The van der Waals surface area contributed by atoms with Crippen LogP contribution in [0.2, 0.25) is 0 Å². The van der Waals surface area contributed by atoms with E-state index in [0.717, 1.165) is 11.3 Å². The van der Waals surface area contributed by atoms with Gasteiger partial charge in [0.25, 0.3) is 0 Å². The van der Waals surface area contributed by atoms with Crippen LogP contribution in [0.4, 0.5) is 0 Å². The highest BCUT2D eigenvalue weighted by molar-refractivity contribution is 7.97. The molecule has 1 aromatic rings. The third-order valence-electron chi connectivity index (χ3n) is 2.04. The summed E-state index contributed by atoms with van der Waals surface area (Å²) in [4.78, 5) is 10.4. The predicted molar refractivity (Wildman–Crippen MR) is 68.8 cm³/mol. The summed E-state index contributed by atoms with van der Waals surface area (Å²) in [5.74, 6) is -1.26. The molecule has 0 aromatic carbocycles. The SMILES string of the molecule is O=C(O)CC(O)CC(Cl)(Cl)S(=O)(=O)c1cccs1. The average molecular weight is 333 g/mol. The summed E-state index contributed by atoms with van der Waals surface area (Å²) in [5.41, 5.74) is 0. The lowest BCUT2D eigenvalue weighted by Gasteiger charge is -2.21. The molecule has 102 valence electrons. The van der Waals surface area contributed by atoms with Crippen LogP contribution in [0, 0.1) is 0 Å². The summed E-state index contributed by atoms with van der Waals surface area (Å²) in [5, 5.41) is 19.4. The van der Waals surface area contributed by atoms with Gasteiger partial charge in [0.1, 0.15) is 4.21 Å². The van der Waals surface area contributed by atoms with E-state index in [4.69, 9.17) is 28.3 Å². The van der Waals surface area contributed by atoms with Crippen molar-refractivity contribution in [3.8, 4) is 0 Å². The molecule has 9 heteroatoms. The van der Waals surface area contributed by atoms with Crippen LogP contribution in [0.15, 0.2) is 21.7 Å². The van der Waals surface area contributed by atoms with Gasteiger partial charge in [0.05, 0.1) is 12.5 Å². The smallest absolute Gasteiger partial charge is 0.305 e. The van der Waals surface area contributed by atoms with Crippen LogP contribution in [-0.4, -0.2) is 34.4 Å². The fourth-order valence-corrected chi connectivity index (χ4v) is 4.86. The number of halogens is 2. The van der Waals surface area contributed by atoms with Crippen LogP contribution >= 0.6 is 34.5 Å². The maximum atomic E-state index is 12.0. The van der Waals surface area contributed by atoms with E-state index in [1.807, 2.05) is 0 Å². The van der Waals surface area contributed by atoms with Gasteiger partial charge in [-0.1, -0.05) is 29.3 Å². The van der Waals surface area contributed by atoms with Gasteiger partial charge in [0.2, 0.25) is 13.5 Å². The molecule has 0 aliphatic rings. The van der Waals surface area contributed by atoms with Crippen molar-refractivity contribution in [3.63, 3.8) is 0 Å². The molecule has 0 saturated carbocycles. The molecule has 1 heterocycles. The van der Waals surface area contributed by atoms with E-state index < -0.39 is 38.4 Å². The number of rotatable bonds is 6.